The second kappa shape index (κ2) is 7.24. The number of ether oxygens (including phenoxy) is 1. The number of nitrogens with one attached hydrogen (secondary N) is 2. The Kier molecular flexibility index (Phi) is 4.74. The highest BCUT2D eigenvalue weighted by Crippen LogP contribution is 2.35. The van der Waals surface area contributed by atoms with Gasteiger partial charge in [-0.05, 0) is 19.1 Å². The van der Waals surface area contributed by atoms with Crippen LogP contribution >= 0.6 is 0 Å². The first-order valence-electron chi connectivity index (χ1n) is 8.76. The first-order valence-corrected chi connectivity index (χ1v) is 8.76. The number of rotatable bonds is 6. The Balaban J connectivity index is 1.80. The Labute approximate surface area is 162 Å². The summed E-state index contributed by atoms with van der Waals surface area (Å²) in [6.07, 6.45) is 2.56. The van der Waals surface area contributed by atoms with Crippen LogP contribution in [0.4, 0.5) is 19.1 Å². The third-order valence-corrected chi connectivity index (χ3v) is 4.36. The van der Waals surface area contributed by atoms with Crippen LogP contribution in [0.5, 0.6) is 5.88 Å². The lowest BCUT2D eigenvalue weighted by molar-refractivity contribution is -0.138. The van der Waals surface area contributed by atoms with Crippen molar-refractivity contribution in [1.82, 2.24) is 24.3 Å². The molecule has 0 aliphatic rings. The Bertz CT molecular complexity index is 1150. The fourth-order valence-corrected chi connectivity index (χ4v) is 2.89. The van der Waals surface area contributed by atoms with E-state index in [0.717, 1.165) is 18.1 Å². The van der Waals surface area contributed by atoms with Crippen molar-refractivity contribution >= 4 is 22.6 Å². The van der Waals surface area contributed by atoms with Crippen molar-refractivity contribution in [3.63, 3.8) is 0 Å². The highest BCUT2D eigenvalue weighted by molar-refractivity contribution is 5.97. The summed E-state index contributed by atoms with van der Waals surface area (Å²) in [4.78, 5) is 15.4. The fourth-order valence-electron chi connectivity index (χ4n) is 2.89. The van der Waals surface area contributed by atoms with Crippen LogP contribution in [0, 0.1) is 0 Å². The van der Waals surface area contributed by atoms with Crippen LogP contribution in [0.1, 0.15) is 6.92 Å². The van der Waals surface area contributed by atoms with Crippen LogP contribution in [0.2, 0.25) is 0 Å². The van der Waals surface area contributed by atoms with Crippen LogP contribution in [-0.2, 0) is 0 Å². The quantitative estimate of drug-likeness (QED) is 0.455. The number of nitrogens with zero attached hydrogens (tertiary/aromatic N) is 4. The maximum atomic E-state index is 12.9. The van der Waals surface area contributed by atoms with Gasteiger partial charge in [-0.2, -0.15) is 23.1 Å². The van der Waals surface area contributed by atoms with Gasteiger partial charge in [-0.1, -0.05) is 0 Å². The molecule has 29 heavy (non-hydrogen) atoms. The van der Waals surface area contributed by atoms with Crippen molar-refractivity contribution in [2.45, 2.75) is 19.1 Å². The molecular weight excluding hydrogens is 389 g/mol. The molecule has 0 aliphatic heterocycles. The molecule has 0 aliphatic carbocycles. The number of aliphatic hydroxyl groups is 1. The summed E-state index contributed by atoms with van der Waals surface area (Å²) in [6.45, 7) is 0.641. The Hall–Kier alpha value is -3.34. The first kappa shape index (κ1) is 19.0. The predicted molar refractivity (Wildman–Crippen MR) is 99.8 cm³/mol. The van der Waals surface area contributed by atoms with Crippen LogP contribution in [0.3, 0.4) is 0 Å². The summed E-state index contributed by atoms with van der Waals surface area (Å²) in [5, 5.41) is 11.8. The van der Waals surface area contributed by atoms with Gasteiger partial charge >= 0.3 is 6.18 Å². The third kappa shape index (κ3) is 3.68. The molecule has 0 saturated heterocycles. The molecule has 0 radical (unpaired) electrons. The number of alkyl halides is 3. The maximum absolute atomic E-state index is 12.9. The number of aromatic amines is 1. The fraction of sp³-hybridized carbons (Fsp3) is 0.278. The molecule has 1 unspecified atom stereocenters. The Morgan fingerprint density at radius 2 is 2.14 bits per heavy atom. The largest absolute Gasteiger partial charge is 0.475 e. The van der Waals surface area contributed by atoms with Crippen molar-refractivity contribution in [3.8, 4) is 17.0 Å². The van der Waals surface area contributed by atoms with Gasteiger partial charge in [0.2, 0.25) is 11.8 Å². The van der Waals surface area contributed by atoms with Gasteiger partial charge in [0, 0.05) is 35.9 Å². The molecular formula is C18H17F3N6O2. The zero-order valence-electron chi connectivity index (χ0n) is 15.2. The summed E-state index contributed by atoms with van der Waals surface area (Å²) in [7, 11) is 0. The van der Waals surface area contributed by atoms with E-state index in [2.05, 4.69) is 25.3 Å². The standard InChI is InChI=1S/C18H17F3N6O2/c1-10(18(19,20)21)24-17-25-15-14(16(26-17)29-7-6-28)12(8-23-15)11-2-3-13-22-4-5-27(13)9-11/h2-5,8-10,28H,6-7H2,1H3,(H2,23,24,25,26). The van der Waals surface area contributed by atoms with Crippen LogP contribution in [0.25, 0.3) is 27.8 Å². The zero-order valence-corrected chi connectivity index (χ0v) is 15.2. The summed E-state index contributed by atoms with van der Waals surface area (Å²) in [5.41, 5.74) is 2.60. The van der Waals surface area contributed by atoms with E-state index < -0.39 is 12.2 Å². The second-order valence-electron chi connectivity index (χ2n) is 6.37. The molecule has 3 N–H and O–H groups in total. The average molecular weight is 406 g/mol. The van der Waals surface area contributed by atoms with Crippen molar-refractivity contribution < 1.29 is 23.0 Å². The maximum Gasteiger partial charge on any atom is 0.408 e. The minimum atomic E-state index is -4.45. The number of hydrogen-bond acceptors (Lipinski definition) is 6. The first-order chi connectivity index (χ1) is 13.9. The Morgan fingerprint density at radius 1 is 1.31 bits per heavy atom. The average Bonchev–Trinajstić information content (AvgIpc) is 3.31. The van der Waals surface area contributed by atoms with Gasteiger partial charge in [-0.25, -0.2) is 4.98 Å². The molecule has 0 saturated carbocycles. The second-order valence-corrected chi connectivity index (χ2v) is 6.37. The molecule has 4 aromatic rings. The summed E-state index contributed by atoms with van der Waals surface area (Å²) in [6, 6.07) is 1.85. The number of halogens is 3. The number of pyridine rings is 1. The van der Waals surface area contributed by atoms with E-state index in [4.69, 9.17) is 9.84 Å². The number of aromatic nitrogens is 5. The number of anilines is 1. The van der Waals surface area contributed by atoms with E-state index in [0.29, 0.717) is 16.6 Å². The smallest absolute Gasteiger partial charge is 0.408 e. The topological polar surface area (TPSA) is 100 Å². The molecule has 4 rings (SSSR count). The molecule has 0 amide bonds. The minimum absolute atomic E-state index is 0.0639. The molecule has 4 heterocycles. The van der Waals surface area contributed by atoms with Crippen LogP contribution in [-0.4, -0.2) is 54.9 Å². The number of hydrogen-bond donors (Lipinski definition) is 3. The molecule has 11 heteroatoms. The van der Waals surface area contributed by atoms with Gasteiger partial charge in [-0.3, -0.25) is 0 Å². The molecule has 8 nitrogen and oxygen atoms in total. The van der Waals surface area contributed by atoms with Gasteiger partial charge in [0.15, 0.2) is 0 Å². The lowest BCUT2D eigenvalue weighted by Gasteiger charge is -2.17. The van der Waals surface area contributed by atoms with E-state index in [1.807, 2.05) is 22.7 Å². The monoisotopic (exact) mass is 406 g/mol. The normalized spacial score (nSPS) is 13.1. The summed E-state index contributed by atoms with van der Waals surface area (Å²) < 4.78 is 46.0. The summed E-state index contributed by atoms with van der Waals surface area (Å²) >= 11 is 0. The SMILES string of the molecule is CC(Nc1nc(OCCO)c2c(-c3ccc4nccn4c3)c[nH]c2n1)C(F)(F)F. The molecule has 0 spiro atoms. The lowest BCUT2D eigenvalue weighted by Crippen LogP contribution is -2.33. The van der Waals surface area contributed by atoms with Crippen LogP contribution < -0.4 is 10.1 Å². The van der Waals surface area contributed by atoms with Crippen molar-refractivity contribution in [2.75, 3.05) is 18.5 Å². The molecule has 152 valence electrons. The van der Waals surface area contributed by atoms with E-state index >= 15 is 0 Å². The minimum Gasteiger partial charge on any atom is -0.475 e. The number of H-pyrrole nitrogens is 1. The van der Waals surface area contributed by atoms with Gasteiger partial charge in [-0.15, -0.1) is 0 Å². The highest BCUT2D eigenvalue weighted by Gasteiger charge is 2.36. The summed E-state index contributed by atoms with van der Waals surface area (Å²) in [5.74, 6) is -0.156. The van der Waals surface area contributed by atoms with E-state index in [-0.39, 0.29) is 25.0 Å². The number of imidazole rings is 1. The molecule has 4 aromatic heterocycles. The van der Waals surface area contributed by atoms with Gasteiger partial charge in [0.05, 0.1) is 12.0 Å². The zero-order chi connectivity index (χ0) is 20.6. The van der Waals surface area contributed by atoms with E-state index in [1.54, 1.807) is 18.6 Å². The number of aliphatic hydroxyl groups excluding tert-OH is 1. The molecule has 0 bridgehead atoms. The van der Waals surface area contributed by atoms with Crippen molar-refractivity contribution in [1.29, 1.82) is 0 Å². The third-order valence-electron chi connectivity index (χ3n) is 4.36. The number of fused-ring (bicyclic) bond motifs is 2. The predicted octanol–water partition coefficient (Wildman–Crippen LogP) is 3.01. The Morgan fingerprint density at radius 3 is 2.90 bits per heavy atom. The van der Waals surface area contributed by atoms with E-state index in [1.165, 1.54) is 0 Å². The van der Waals surface area contributed by atoms with Gasteiger partial charge in [0.1, 0.15) is 23.9 Å². The molecule has 0 aromatic carbocycles. The molecule has 1 atom stereocenters. The van der Waals surface area contributed by atoms with Gasteiger partial charge < -0.3 is 24.5 Å². The highest BCUT2D eigenvalue weighted by atomic mass is 19.4. The van der Waals surface area contributed by atoms with Crippen molar-refractivity contribution in [2.24, 2.45) is 0 Å². The van der Waals surface area contributed by atoms with E-state index in [9.17, 15) is 13.2 Å². The van der Waals surface area contributed by atoms with Gasteiger partial charge in [0.25, 0.3) is 0 Å². The van der Waals surface area contributed by atoms with Crippen molar-refractivity contribution in [3.05, 3.63) is 36.9 Å². The molecule has 0 fully saturated rings. The van der Waals surface area contributed by atoms with Crippen LogP contribution in [0.15, 0.2) is 36.9 Å². The lowest BCUT2D eigenvalue weighted by atomic mass is 10.1.